The van der Waals surface area contributed by atoms with Gasteiger partial charge in [-0.1, -0.05) is 17.7 Å². The molecular weight excluding hydrogens is 340 g/mol. The number of amides is 3. The molecule has 25 heavy (non-hydrogen) atoms. The van der Waals surface area contributed by atoms with Crippen LogP contribution in [0, 0.1) is 13.8 Å². The number of benzene rings is 1. The number of ether oxygens (including phenoxy) is 1. The Morgan fingerprint density at radius 3 is 2.64 bits per heavy atom. The Kier molecular flexibility index (Phi) is 6.71. The highest BCUT2D eigenvalue weighted by molar-refractivity contribution is 7.07. The van der Waals surface area contributed by atoms with E-state index in [0.29, 0.717) is 12.1 Å². The van der Waals surface area contributed by atoms with Crippen molar-refractivity contribution in [1.82, 2.24) is 5.32 Å². The molecule has 132 valence electrons. The van der Waals surface area contributed by atoms with Crippen molar-refractivity contribution in [3.8, 4) is 0 Å². The fourth-order valence-corrected chi connectivity index (χ4v) is 2.87. The molecule has 7 heteroatoms. The molecule has 1 aromatic heterocycles. The number of carbonyl (C=O) groups excluding carboxylic acids is 3. The second kappa shape index (κ2) is 8.98. The van der Waals surface area contributed by atoms with Crippen LogP contribution in [0.1, 0.15) is 23.1 Å². The molecule has 3 amide bonds. The number of esters is 1. The van der Waals surface area contributed by atoms with Crippen molar-refractivity contribution in [2.24, 2.45) is 0 Å². The predicted molar refractivity (Wildman–Crippen MR) is 96.7 cm³/mol. The molecular formula is C18H20N2O4S. The van der Waals surface area contributed by atoms with Gasteiger partial charge in [0.05, 0.1) is 0 Å². The molecule has 2 N–H and O–H groups in total. The summed E-state index contributed by atoms with van der Waals surface area (Å²) in [6.07, 6.45) is 0.760. The van der Waals surface area contributed by atoms with Gasteiger partial charge in [-0.25, -0.2) is 4.79 Å². The fraction of sp³-hybridized carbons (Fsp3) is 0.278. The summed E-state index contributed by atoms with van der Waals surface area (Å²) in [5, 5.41) is 8.61. The standard InChI is InChI=1S/C18H20N2O4S/c1-12-3-5-15(13(2)9-12)19-18(23)20-16(21)10-24-17(22)6-4-14-7-8-25-11-14/h3,5,7-9,11H,4,6,10H2,1-2H3,(H2,19,20,21,23). The van der Waals surface area contributed by atoms with Crippen LogP contribution in [0.5, 0.6) is 0 Å². The van der Waals surface area contributed by atoms with Gasteiger partial charge >= 0.3 is 12.0 Å². The molecule has 0 unspecified atom stereocenters. The summed E-state index contributed by atoms with van der Waals surface area (Å²) >= 11 is 1.56. The third-order valence-electron chi connectivity index (χ3n) is 3.45. The van der Waals surface area contributed by atoms with E-state index in [9.17, 15) is 14.4 Å². The van der Waals surface area contributed by atoms with Crippen LogP contribution in [0.15, 0.2) is 35.0 Å². The molecule has 2 rings (SSSR count). The number of carbonyl (C=O) groups is 3. The second-order valence-electron chi connectivity index (χ2n) is 5.61. The fourth-order valence-electron chi connectivity index (χ4n) is 2.17. The van der Waals surface area contributed by atoms with E-state index in [1.54, 1.807) is 17.4 Å². The third-order valence-corrected chi connectivity index (χ3v) is 4.18. The number of hydrogen-bond acceptors (Lipinski definition) is 5. The first kappa shape index (κ1) is 18.7. The summed E-state index contributed by atoms with van der Waals surface area (Å²) in [7, 11) is 0. The zero-order valence-electron chi connectivity index (χ0n) is 14.1. The van der Waals surface area contributed by atoms with Crippen molar-refractivity contribution in [3.63, 3.8) is 0 Å². The molecule has 0 radical (unpaired) electrons. The van der Waals surface area contributed by atoms with E-state index < -0.39 is 24.5 Å². The number of thiophene rings is 1. The van der Waals surface area contributed by atoms with Crippen LogP contribution in [0.25, 0.3) is 0 Å². The lowest BCUT2D eigenvalue weighted by atomic mass is 10.1. The van der Waals surface area contributed by atoms with Gasteiger partial charge in [0.2, 0.25) is 0 Å². The average Bonchev–Trinajstić information content (AvgIpc) is 3.07. The average molecular weight is 360 g/mol. The summed E-state index contributed by atoms with van der Waals surface area (Å²) in [6.45, 7) is 3.33. The first-order chi connectivity index (χ1) is 11.9. The Morgan fingerprint density at radius 2 is 1.96 bits per heavy atom. The van der Waals surface area contributed by atoms with Crippen molar-refractivity contribution in [1.29, 1.82) is 0 Å². The van der Waals surface area contributed by atoms with Crippen LogP contribution >= 0.6 is 11.3 Å². The molecule has 1 heterocycles. The third kappa shape index (κ3) is 6.39. The summed E-state index contributed by atoms with van der Waals surface area (Å²) in [4.78, 5) is 35.1. The Labute approximate surface area is 150 Å². The maximum atomic E-state index is 11.8. The van der Waals surface area contributed by atoms with Gasteiger partial charge in [-0.15, -0.1) is 0 Å². The molecule has 1 aromatic carbocycles. The molecule has 0 saturated carbocycles. The topological polar surface area (TPSA) is 84.5 Å². The van der Waals surface area contributed by atoms with Crippen LogP contribution in [-0.2, 0) is 20.7 Å². The number of hydrogen-bond donors (Lipinski definition) is 2. The summed E-state index contributed by atoms with van der Waals surface area (Å²) < 4.78 is 4.87. The van der Waals surface area contributed by atoms with Gasteiger partial charge in [-0.05, 0) is 54.3 Å². The highest BCUT2D eigenvalue weighted by atomic mass is 32.1. The molecule has 0 aliphatic heterocycles. The highest BCUT2D eigenvalue weighted by Crippen LogP contribution is 2.15. The maximum absolute atomic E-state index is 11.8. The van der Waals surface area contributed by atoms with Gasteiger partial charge in [-0.3, -0.25) is 14.9 Å². The Morgan fingerprint density at radius 1 is 1.16 bits per heavy atom. The lowest BCUT2D eigenvalue weighted by Gasteiger charge is -2.10. The molecule has 0 atom stereocenters. The molecule has 0 fully saturated rings. The number of nitrogens with one attached hydrogen (secondary N) is 2. The number of rotatable bonds is 6. The molecule has 0 saturated heterocycles. The molecule has 0 bridgehead atoms. The SMILES string of the molecule is Cc1ccc(NC(=O)NC(=O)COC(=O)CCc2ccsc2)c(C)c1. The van der Waals surface area contributed by atoms with Gasteiger partial charge in [0.25, 0.3) is 5.91 Å². The van der Waals surface area contributed by atoms with E-state index in [1.165, 1.54) is 0 Å². The number of urea groups is 1. The number of imide groups is 1. The van der Waals surface area contributed by atoms with Crippen molar-refractivity contribution >= 4 is 34.9 Å². The lowest BCUT2D eigenvalue weighted by molar-refractivity contribution is -0.148. The van der Waals surface area contributed by atoms with Gasteiger partial charge in [0, 0.05) is 12.1 Å². The maximum Gasteiger partial charge on any atom is 0.325 e. The first-order valence-corrected chi connectivity index (χ1v) is 8.73. The quantitative estimate of drug-likeness (QED) is 0.775. The smallest absolute Gasteiger partial charge is 0.325 e. The minimum atomic E-state index is -0.675. The molecule has 6 nitrogen and oxygen atoms in total. The van der Waals surface area contributed by atoms with E-state index in [4.69, 9.17) is 4.74 Å². The Hall–Kier alpha value is -2.67. The number of aryl methyl sites for hydroxylation is 3. The summed E-state index contributed by atoms with van der Waals surface area (Å²) in [5.74, 6) is -1.15. The van der Waals surface area contributed by atoms with E-state index in [2.05, 4.69) is 10.6 Å². The van der Waals surface area contributed by atoms with Crippen LogP contribution in [0.3, 0.4) is 0 Å². The van der Waals surface area contributed by atoms with Gasteiger partial charge in [-0.2, -0.15) is 11.3 Å². The predicted octanol–water partition coefficient (Wildman–Crippen LogP) is 3.19. The zero-order valence-corrected chi connectivity index (χ0v) is 14.9. The summed E-state index contributed by atoms with van der Waals surface area (Å²) in [6, 6.07) is 6.82. The van der Waals surface area contributed by atoms with Crippen LogP contribution in [0.4, 0.5) is 10.5 Å². The monoisotopic (exact) mass is 360 g/mol. The van der Waals surface area contributed by atoms with E-state index >= 15 is 0 Å². The Bertz CT molecular complexity index is 756. The van der Waals surface area contributed by atoms with Crippen molar-refractivity contribution in [2.45, 2.75) is 26.7 Å². The Balaban J connectivity index is 1.70. The van der Waals surface area contributed by atoms with Crippen LogP contribution in [-0.4, -0.2) is 24.5 Å². The minimum Gasteiger partial charge on any atom is -0.456 e. The first-order valence-electron chi connectivity index (χ1n) is 7.79. The molecule has 2 aromatic rings. The molecule has 0 aliphatic rings. The van der Waals surface area contributed by atoms with E-state index in [-0.39, 0.29) is 6.42 Å². The van der Waals surface area contributed by atoms with Gasteiger partial charge in [0.1, 0.15) is 0 Å². The number of anilines is 1. The van der Waals surface area contributed by atoms with Crippen molar-refractivity contribution in [3.05, 3.63) is 51.7 Å². The van der Waals surface area contributed by atoms with Crippen molar-refractivity contribution in [2.75, 3.05) is 11.9 Å². The zero-order chi connectivity index (χ0) is 18.2. The van der Waals surface area contributed by atoms with Crippen LogP contribution < -0.4 is 10.6 Å². The molecule has 0 spiro atoms. The van der Waals surface area contributed by atoms with Gasteiger partial charge in [0.15, 0.2) is 6.61 Å². The molecule has 0 aliphatic carbocycles. The van der Waals surface area contributed by atoms with E-state index in [1.807, 2.05) is 42.8 Å². The van der Waals surface area contributed by atoms with E-state index in [0.717, 1.165) is 16.7 Å². The largest absolute Gasteiger partial charge is 0.456 e. The lowest BCUT2D eigenvalue weighted by Crippen LogP contribution is -2.37. The summed E-state index contributed by atoms with van der Waals surface area (Å²) in [5.41, 5.74) is 3.64. The minimum absolute atomic E-state index is 0.193. The van der Waals surface area contributed by atoms with Crippen molar-refractivity contribution < 1.29 is 19.1 Å². The van der Waals surface area contributed by atoms with Crippen LogP contribution in [0.2, 0.25) is 0 Å². The second-order valence-corrected chi connectivity index (χ2v) is 6.39. The highest BCUT2D eigenvalue weighted by Gasteiger charge is 2.12. The van der Waals surface area contributed by atoms with Gasteiger partial charge < -0.3 is 10.1 Å². The normalized spacial score (nSPS) is 10.2.